The van der Waals surface area contributed by atoms with E-state index in [-0.39, 0.29) is 24.0 Å². The molecule has 1 aliphatic rings. The summed E-state index contributed by atoms with van der Waals surface area (Å²) in [6.07, 6.45) is 7.73. The summed E-state index contributed by atoms with van der Waals surface area (Å²) in [5, 5.41) is 6.93. The highest BCUT2D eigenvalue weighted by Gasteiger charge is 2.15. The molecule has 0 spiro atoms. The summed E-state index contributed by atoms with van der Waals surface area (Å²) in [6, 6.07) is 1.28. The number of nitrogens with zero attached hydrogens (tertiary/aromatic N) is 2. The fourth-order valence-corrected chi connectivity index (χ4v) is 2.41. The van der Waals surface area contributed by atoms with E-state index in [1.54, 1.807) is 0 Å². The summed E-state index contributed by atoms with van der Waals surface area (Å²) >= 11 is 0. The lowest BCUT2D eigenvalue weighted by atomic mass is 10.2. The van der Waals surface area contributed by atoms with Gasteiger partial charge < -0.3 is 15.5 Å². The van der Waals surface area contributed by atoms with Gasteiger partial charge in [-0.15, -0.1) is 24.0 Å². The average Bonchev–Trinajstić information content (AvgIpc) is 2.89. The molecule has 2 N–H and O–H groups in total. The molecule has 1 fully saturated rings. The van der Waals surface area contributed by atoms with Gasteiger partial charge in [0.25, 0.3) is 0 Å². The molecule has 1 aliphatic carbocycles. The number of unbranched alkanes of at least 4 members (excludes halogenated alkanes) is 1. The predicted octanol–water partition coefficient (Wildman–Crippen LogP) is 2.83. The minimum absolute atomic E-state index is 0. The van der Waals surface area contributed by atoms with Crippen molar-refractivity contribution in [2.75, 3.05) is 27.2 Å². The van der Waals surface area contributed by atoms with E-state index in [9.17, 15) is 0 Å². The maximum atomic E-state index is 4.30. The Morgan fingerprint density at radius 2 is 1.90 bits per heavy atom. The van der Waals surface area contributed by atoms with Gasteiger partial charge in [-0.1, -0.05) is 12.8 Å². The summed E-state index contributed by atoms with van der Waals surface area (Å²) in [5.74, 6) is 0.976. The van der Waals surface area contributed by atoms with Gasteiger partial charge in [0.1, 0.15) is 0 Å². The van der Waals surface area contributed by atoms with Crippen LogP contribution in [0.1, 0.15) is 52.4 Å². The predicted molar refractivity (Wildman–Crippen MR) is 99.2 cm³/mol. The summed E-state index contributed by atoms with van der Waals surface area (Å²) in [6.45, 7) is 6.67. The van der Waals surface area contributed by atoms with Crippen LogP contribution in [0.4, 0.5) is 0 Å². The number of hydrogen-bond donors (Lipinski definition) is 2. The summed E-state index contributed by atoms with van der Waals surface area (Å²) in [4.78, 5) is 6.69. The fraction of sp³-hybridized carbons (Fsp3) is 0.933. The highest BCUT2D eigenvalue weighted by molar-refractivity contribution is 14.0. The first-order valence-corrected chi connectivity index (χ1v) is 7.81. The van der Waals surface area contributed by atoms with Gasteiger partial charge in [-0.05, 0) is 53.1 Å². The lowest BCUT2D eigenvalue weighted by molar-refractivity contribution is 0.268. The standard InChI is InChI=1S/C15H32N4.HI/c1-13(2)19(4)12-8-7-11-17-15(16-3)18-14-9-5-6-10-14;/h13-14H,5-12H2,1-4H3,(H2,16,17,18);1H. The maximum absolute atomic E-state index is 4.30. The van der Waals surface area contributed by atoms with Gasteiger partial charge in [0.05, 0.1) is 0 Å². The molecule has 0 saturated heterocycles. The van der Waals surface area contributed by atoms with Crippen molar-refractivity contribution >= 4 is 29.9 Å². The van der Waals surface area contributed by atoms with Crippen molar-refractivity contribution in [3.8, 4) is 0 Å². The molecule has 0 aliphatic heterocycles. The lowest BCUT2D eigenvalue weighted by Gasteiger charge is -2.21. The van der Waals surface area contributed by atoms with Crippen molar-refractivity contribution < 1.29 is 0 Å². The third kappa shape index (κ3) is 8.29. The van der Waals surface area contributed by atoms with Crippen LogP contribution in [-0.4, -0.2) is 50.1 Å². The number of hydrogen-bond acceptors (Lipinski definition) is 2. The molecule has 0 aromatic heterocycles. The highest BCUT2D eigenvalue weighted by Crippen LogP contribution is 2.17. The third-order valence-corrected chi connectivity index (χ3v) is 4.03. The number of halogens is 1. The summed E-state index contributed by atoms with van der Waals surface area (Å²) in [7, 11) is 4.05. The van der Waals surface area contributed by atoms with Crippen LogP contribution in [-0.2, 0) is 0 Å². The van der Waals surface area contributed by atoms with E-state index in [2.05, 4.69) is 41.4 Å². The van der Waals surface area contributed by atoms with E-state index >= 15 is 0 Å². The first-order valence-electron chi connectivity index (χ1n) is 7.81. The molecule has 120 valence electrons. The third-order valence-electron chi connectivity index (χ3n) is 4.03. The Hall–Kier alpha value is -0.0400. The van der Waals surface area contributed by atoms with Crippen molar-refractivity contribution in [2.24, 2.45) is 4.99 Å². The number of nitrogens with one attached hydrogen (secondary N) is 2. The largest absolute Gasteiger partial charge is 0.356 e. The van der Waals surface area contributed by atoms with E-state index in [1.165, 1.54) is 45.1 Å². The van der Waals surface area contributed by atoms with Crippen LogP contribution >= 0.6 is 24.0 Å². The highest BCUT2D eigenvalue weighted by atomic mass is 127. The van der Waals surface area contributed by atoms with E-state index in [1.807, 2.05) is 7.05 Å². The quantitative estimate of drug-likeness (QED) is 0.301. The van der Waals surface area contributed by atoms with Crippen LogP contribution in [0, 0.1) is 0 Å². The Balaban J connectivity index is 0.00000361. The number of aliphatic imine (C=N–C) groups is 1. The maximum Gasteiger partial charge on any atom is 0.191 e. The normalized spacial score (nSPS) is 16.6. The average molecular weight is 396 g/mol. The van der Waals surface area contributed by atoms with Crippen LogP contribution in [0.15, 0.2) is 4.99 Å². The molecule has 1 rings (SSSR count). The zero-order chi connectivity index (χ0) is 14.1. The summed E-state index contributed by atoms with van der Waals surface area (Å²) < 4.78 is 0. The molecular formula is C15H33IN4. The Bertz CT molecular complexity index is 263. The minimum atomic E-state index is 0. The van der Waals surface area contributed by atoms with Crippen molar-refractivity contribution in [1.82, 2.24) is 15.5 Å². The Kier molecular flexibility index (Phi) is 11.6. The van der Waals surface area contributed by atoms with Crippen molar-refractivity contribution in [1.29, 1.82) is 0 Å². The zero-order valence-electron chi connectivity index (χ0n) is 13.6. The molecule has 4 nitrogen and oxygen atoms in total. The SMILES string of the molecule is CN=C(NCCCCN(C)C(C)C)NC1CCCC1.I. The first-order chi connectivity index (χ1) is 9.13. The second kappa shape index (κ2) is 11.6. The van der Waals surface area contributed by atoms with Crippen LogP contribution in [0.5, 0.6) is 0 Å². The first kappa shape index (κ1) is 20.0. The van der Waals surface area contributed by atoms with Crippen molar-refractivity contribution in [3.05, 3.63) is 0 Å². The van der Waals surface area contributed by atoms with E-state index in [4.69, 9.17) is 0 Å². The minimum Gasteiger partial charge on any atom is -0.356 e. The van der Waals surface area contributed by atoms with E-state index in [0.29, 0.717) is 12.1 Å². The van der Waals surface area contributed by atoms with Crippen LogP contribution in [0.25, 0.3) is 0 Å². The van der Waals surface area contributed by atoms with Crippen molar-refractivity contribution in [3.63, 3.8) is 0 Å². The van der Waals surface area contributed by atoms with E-state index in [0.717, 1.165) is 12.5 Å². The second-order valence-corrected chi connectivity index (χ2v) is 5.91. The molecule has 20 heavy (non-hydrogen) atoms. The molecule has 1 saturated carbocycles. The zero-order valence-corrected chi connectivity index (χ0v) is 15.9. The van der Waals surface area contributed by atoms with Gasteiger partial charge in [0.2, 0.25) is 0 Å². The molecule has 0 bridgehead atoms. The van der Waals surface area contributed by atoms with Gasteiger partial charge in [-0.3, -0.25) is 4.99 Å². The lowest BCUT2D eigenvalue weighted by Crippen LogP contribution is -2.42. The molecule has 0 aromatic rings. The molecular weight excluding hydrogens is 363 g/mol. The van der Waals surface area contributed by atoms with Crippen LogP contribution < -0.4 is 10.6 Å². The number of rotatable bonds is 7. The van der Waals surface area contributed by atoms with Gasteiger partial charge in [-0.2, -0.15) is 0 Å². The fourth-order valence-electron chi connectivity index (χ4n) is 2.41. The van der Waals surface area contributed by atoms with E-state index < -0.39 is 0 Å². The van der Waals surface area contributed by atoms with Gasteiger partial charge >= 0.3 is 0 Å². The summed E-state index contributed by atoms with van der Waals surface area (Å²) in [5.41, 5.74) is 0. The van der Waals surface area contributed by atoms with Gasteiger partial charge in [-0.25, -0.2) is 0 Å². The van der Waals surface area contributed by atoms with Crippen LogP contribution in [0.3, 0.4) is 0 Å². The van der Waals surface area contributed by atoms with Crippen LogP contribution in [0.2, 0.25) is 0 Å². The number of guanidine groups is 1. The Morgan fingerprint density at radius 1 is 1.25 bits per heavy atom. The topological polar surface area (TPSA) is 39.7 Å². The molecule has 0 atom stereocenters. The molecule has 0 aromatic carbocycles. The monoisotopic (exact) mass is 396 g/mol. The molecule has 0 amide bonds. The van der Waals surface area contributed by atoms with Crippen molar-refractivity contribution in [2.45, 2.75) is 64.5 Å². The van der Waals surface area contributed by atoms with Gasteiger partial charge in [0, 0.05) is 25.7 Å². The molecule has 0 unspecified atom stereocenters. The molecule has 5 heteroatoms. The van der Waals surface area contributed by atoms with Gasteiger partial charge in [0.15, 0.2) is 5.96 Å². The Labute approximate surface area is 142 Å². The smallest absolute Gasteiger partial charge is 0.191 e. The second-order valence-electron chi connectivity index (χ2n) is 5.91. The molecule has 0 heterocycles. The molecule has 0 radical (unpaired) electrons. The Morgan fingerprint density at radius 3 is 2.45 bits per heavy atom.